The third kappa shape index (κ3) is 6.06. The Hall–Kier alpha value is -0.0631. The molecule has 0 radical (unpaired) electrons. The maximum atomic E-state index is 6.62. The Kier molecular flexibility index (Phi) is 8.60. The van der Waals surface area contributed by atoms with E-state index in [2.05, 4.69) is 33.9 Å². The molecule has 0 aliphatic rings. The van der Waals surface area contributed by atoms with E-state index in [1.165, 1.54) is 12.8 Å². The number of unbranched alkanes of at least 4 members (excludes halogenated alkanes) is 1. The Balaban J connectivity index is 3.11. The summed E-state index contributed by atoms with van der Waals surface area (Å²) in [5, 5.41) is 1.26. The first-order valence-electron chi connectivity index (χ1n) is 8.38. The van der Waals surface area contributed by atoms with Crippen LogP contribution in [0.2, 0.25) is 29.2 Å². The monoisotopic (exact) mass is 376 g/mol. The first-order chi connectivity index (χ1) is 10.7. The summed E-state index contributed by atoms with van der Waals surface area (Å²) < 4.78 is 12.4. The summed E-state index contributed by atoms with van der Waals surface area (Å²) in [7, 11) is -0.0649. The van der Waals surface area contributed by atoms with Crippen molar-refractivity contribution in [3.8, 4) is 0 Å². The second-order valence-electron chi connectivity index (χ2n) is 6.98. The molecule has 0 bridgehead atoms. The number of rotatable bonds is 9. The molecular formula is C18H30Cl2O2Si. The molecular weight excluding hydrogens is 347 g/mol. The Labute approximate surface area is 152 Å². The minimum absolute atomic E-state index is 0.0593. The molecule has 0 N–H and O–H groups in total. The third-order valence-electron chi connectivity index (χ3n) is 4.08. The molecule has 1 rings (SSSR count). The van der Waals surface area contributed by atoms with Crippen molar-refractivity contribution in [1.82, 2.24) is 0 Å². The SMILES string of the molecule is CCCC[Si](C)(C)O[C@@H](C(C)C)[C@@H](OC)c1c(Cl)cccc1Cl. The molecule has 1 aromatic carbocycles. The van der Waals surface area contributed by atoms with Crippen LogP contribution in [0, 0.1) is 5.92 Å². The van der Waals surface area contributed by atoms with Gasteiger partial charge in [-0.3, -0.25) is 0 Å². The first-order valence-corrected chi connectivity index (χ1v) is 12.2. The average molecular weight is 377 g/mol. The topological polar surface area (TPSA) is 18.5 Å². The normalized spacial score (nSPS) is 15.0. The lowest BCUT2D eigenvalue weighted by Gasteiger charge is -2.37. The molecule has 132 valence electrons. The van der Waals surface area contributed by atoms with E-state index in [9.17, 15) is 0 Å². The molecule has 0 heterocycles. The fraction of sp³-hybridized carbons (Fsp3) is 0.667. The fourth-order valence-electron chi connectivity index (χ4n) is 2.78. The van der Waals surface area contributed by atoms with E-state index in [0.29, 0.717) is 16.0 Å². The van der Waals surface area contributed by atoms with Gasteiger partial charge in [0.25, 0.3) is 0 Å². The van der Waals surface area contributed by atoms with E-state index in [4.69, 9.17) is 32.4 Å². The number of benzene rings is 1. The highest BCUT2D eigenvalue weighted by Crippen LogP contribution is 2.38. The summed E-state index contributed by atoms with van der Waals surface area (Å²) in [4.78, 5) is 0. The van der Waals surface area contributed by atoms with Crippen LogP contribution in [0.4, 0.5) is 0 Å². The molecule has 2 atom stereocenters. The highest BCUT2D eigenvalue weighted by molar-refractivity contribution is 6.71. The molecule has 0 aliphatic heterocycles. The molecule has 0 spiro atoms. The van der Waals surface area contributed by atoms with Gasteiger partial charge in [-0.05, 0) is 37.2 Å². The van der Waals surface area contributed by atoms with Crippen LogP contribution in [-0.2, 0) is 9.16 Å². The Morgan fingerprint density at radius 3 is 2.13 bits per heavy atom. The van der Waals surface area contributed by atoms with Gasteiger partial charge < -0.3 is 9.16 Å². The molecule has 0 unspecified atom stereocenters. The van der Waals surface area contributed by atoms with Gasteiger partial charge in [-0.15, -0.1) is 0 Å². The van der Waals surface area contributed by atoms with Gasteiger partial charge >= 0.3 is 0 Å². The zero-order valence-corrected chi connectivity index (χ0v) is 17.7. The molecule has 0 fully saturated rings. The Bertz CT molecular complexity index is 472. The van der Waals surface area contributed by atoms with Gasteiger partial charge in [0.2, 0.25) is 0 Å². The molecule has 0 saturated heterocycles. The zero-order chi connectivity index (χ0) is 17.6. The fourth-order valence-corrected chi connectivity index (χ4v) is 5.84. The van der Waals surface area contributed by atoms with Crippen LogP contribution in [0.5, 0.6) is 0 Å². The van der Waals surface area contributed by atoms with Crippen LogP contribution in [0.25, 0.3) is 0 Å². The lowest BCUT2D eigenvalue weighted by Crippen LogP contribution is -2.41. The number of hydrogen-bond acceptors (Lipinski definition) is 2. The van der Waals surface area contributed by atoms with Gasteiger partial charge in [0.1, 0.15) is 6.10 Å². The summed E-state index contributed by atoms with van der Waals surface area (Å²) in [6.07, 6.45) is 2.07. The molecule has 0 aromatic heterocycles. The molecule has 0 aliphatic carbocycles. The average Bonchev–Trinajstić information content (AvgIpc) is 2.47. The molecule has 0 amide bonds. The second kappa shape index (κ2) is 9.43. The minimum atomic E-state index is -1.76. The van der Waals surface area contributed by atoms with Crippen molar-refractivity contribution in [3.05, 3.63) is 33.8 Å². The van der Waals surface area contributed by atoms with E-state index in [1.54, 1.807) is 7.11 Å². The summed E-state index contributed by atoms with van der Waals surface area (Å²) in [6.45, 7) is 11.1. The van der Waals surface area contributed by atoms with Crippen LogP contribution in [0.15, 0.2) is 18.2 Å². The molecule has 23 heavy (non-hydrogen) atoms. The van der Waals surface area contributed by atoms with Gasteiger partial charge in [0.05, 0.1) is 6.10 Å². The van der Waals surface area contributed by atoms with Gasteiger partial charge in [-0.2, -0.15) is 0 Å². The summed E-state index contributed by atoms with van der Waals surface area (Å²) in [6, 6.07) is 6.71. The summed E-state index contributed by atoms with van der Waals surface area (Å²) in [5.74, 6) is 0.306. The van der Waals surface area contributed by atoms with Gasteiger partial charge in [-0.25, -0.2) is 0 Å². The van der Waals surface area contributed by atoms with E-state index >= 15 is 0 Å². The smallest absolute Gasteiger partial charge is 0.187 e. The predicted molar refractivity (Wildman–Crippen MR) is 103 cm³/mol. The van der Waals surface area contributed by atoms with Crippen LogP contribution in [-0.4, -0.2) is 21.5 Å². The maximum Gasteiger partial charge on any atom is 0.187 e. The van der Waals surface area contributed by atoms with Crippen molar-refractivity contribution in [2.75, 3.05) is 7.11 Å². The van der Waals surface area contributed by atoms with Crippen molar-refractivity contribution < 1.29 is 9.16 Å². The number of hydrogen-bond donors (Lipinski definition) is 0. The number of methoxy groups -OCH3 is 1. The molecule has 2 nitrogen and oxygen atoms in total. The number of halogens is 2. The van der Waals surface area contributed by atoms with Gasteiger partial charge in [0, 0.05) is 22.7 Å². The van der Waals surface area contributed by atoms with E-state index in [1.807, 2.05) is 18.2 Å². The molecule has 0 saturated carbocycles. The van der Waals surface area contributed by atoms with Crippen molar-refractivity contribution in [3.63, 3.8) is 0 Å². The lowest BCUT2D eigenvalue weighted by atomic mass is 9.96. The first kappa shape index (κ1) is 21.0. The van der Waals surface area contributed by atoms with Crippen LogP contribution >= 0.6 is 23.2 Å². The second-order valence-corrected chi connectivity index (χ2v) is 12.1. The van der Waals surface area contributed by atoms with Crippen molar-refractivity contribution in [1.29, 1.82) is 0 Å². The highest BCUT2D eigenvalue weighted by Gasteiger charge is 2.35. The van der Waals surface area contributed by atoms with Crippen molar-refractivity contribution in [2.24, 2.45) is 5.92 Å². The van der Waals surface area contributed by atoms with Crippen LogP contribution < -0.4 is 0 Å². The van der Waals surface area contributed by atoms with Crippen LogP contribution in [0.3, 0.4) is 0 Å². The maximum absolute atomic E-state index is 6.62. The van der Waals surface area contributed by atoms with Crippen LogP contribution in [0.1, 0.15) is 45.3 Å². The van der Waals surface area contributed by atoms with E-state index < -0.39 is 8.32 Å². The molecule has 1 aromatic rings. The largest absolute Gasteiger partial charge is 0.411 e. The van der Waals surface area contributed by atoms with Gasteiger partial charge in [-0.1, -0.05) is 62.9 Å². The van der Waals surface area contributed by atoms with Crippen molar-refractivity contribution in [2.45, 2.75) is 65.0 Å². The highest BCUT2D eigenvalue weighted by atomic mass is 35.5. The zero-order valence-electron chi connectivity index (χ0n) is 15.2. The third-order valence-corrected chi connectivity index (χ3v) is 7.21. The quantitative estimate of drug-likeness (QED) is 0.444. The van der Waals surface area contributed by atoms with E-state index in [0.717, 1.165) is 11.6 Å². The lowest BCUT2D eigenvalue weighted by molar-refractivity contribution is -0.0263. The minimum Gasteiger partial charge on any atom is -0.411 e. The molecule has 5 heteroatoms. The Morgan fingerprint density at radius 1 is 1.13 bits per heavy atom. The van der Waals surface area contributed by atoms with Crippen molar-refractivity contribution >= 4 is 31.5 Å². The van der Waals surface area contributed by atoms with E-state index in [-0.39, 0.29) is 12.2 Å². The summed E-state index contributed by atoms with van der Waals surface area (Å²) >= 11 is 12.8. The summed E-state index contributed by atoms with van der Waals surface area (Å²) in [5.41, 5.74) is 0.831. The predicted octanol–water partition coefficient (Wildman–Crippen LogP) is 6.73. The standard InChI is InChI=1S/C18H30Cl2O2Si/c1-7-8-12-23(5,6)22-17(13(2)3)18(21-4)16-14(19)10-9-11-15(16)20/h9-11,13,17-18H,7-8,12H2,1-6H3/t17-,18-/m0/s1. The van der Waals surface area contributed by atoms with Gasteiger partial charge in [0.15, 0.2) is 8.32 Å². The Morgan fingerprint density at radius 2 is 1.70 bits per heavy atom. The number of ether oxygens (including phenoxy) is 1.